The van der Waals surface area contributed by atoms with E-state index in [0.717, 1.165) is 65.8 Å². The predicted octanol–water partition coefficient (Wildman–Crippen LogP) is 4.27. The van der Waals surface area contributed by atoms with Gasteiger partial charge in [0, 0.05) is 37.2 Å². The van der Waals surface area contributed by atoms with Gasteiger partial charge < -0.3 is 14.2 Å². The number of amides is 1. The molecule has 1 amide bonds. The summed E-state index contributed by atoms with van der Waals surface area (Å²) in [5.41, 5.74) is 3.82. The Morgan fingerprint density at radius 2 is 1.88 bits per heavy atom. The summed E-state index contributed by atoms with van der Waals surface area (Å²) < 4.78 is 10.7. The van der Waals surface area contributed by atoms with Crippen LogP contribution >= 0.6 is 0 Å². The normalized spacial score (nSPS) is 16.9. The summed E-state index contributed by atoms with van der Waals surface area (Å²) in [6.45, 7) is 3.38. The molecular formula is C25H28N4O3. The third-order valence-electron chi connectivity index (χ3n) is 6.42. The lowest BCUT2D eigenvalue weighted by molar-refractivity contribution is -0.131. The van der Waals surface area contributed by atoms with Crippen LogP contribution in [-0.4, -0.2) is 46.1 Å². The largest absolute Gasteiger partial charge is 0.497 e. The van der Waals surface area contributed by atoms with Crippen molar-refractivity contribution >= 4 is 5.91 Å². The van der Waals surface area contributed by atoms with Crippen molar-refractivity contribution in [1.82, 2.24) is 20.0 Å². The van der Waals surface area contributed by atoms with Crippen molar-refractivity contribution in [1.29, 1.82) is 0 Å². The van der Waals surface area contributed by atoms with Crippen molar-refractivity contribution in [3.05, 3.63) is 59.3 Å². The zero-order valence-electron chi connectivity index (χ0n) is 18.6. The first kappa shape index (κ1) is 20.7. The highest BCUT2D eigenvalue weighted by Crippen LogP contribution is 2.41. The van der Waals surface area contributed by atoms with Gasteiger partial charge in [-0.05, 0) is 50.3 Å². The fourth-order valence-corrected chi connectivity index (χ4v) is 4.37. The predicted molar refractivity (Wildman–Crippen MR) is 119 cm³/mol. The third-order valence-corrected chi connectivity index (χ3v) is 6.42. The second-order valence-electron chi connectivity index (χ2n) is 8.81. The Labute approximate surface area is 187 Å². The number of piperidine rings is 1. The molecule has 1 saturated heterocycles. The van der Waals surface area contributed by atoms with Crippen molar-refractivity contribution in [2.75, 3.05) is 20.2 Å². The zero-order valence-corrected chi connectivity index (χ0v) is 18.6. The van der Waals surface area contributed by atoms with Crippen molar-refractivity contribution < 1.29 is 14.1 Å². The topological polar surface area (TPSA) is 81.4 Å². The van der Waals surface area contributed by atoms with E-state index < -0.39 is 0 Å². The first-order chi connectivity index (χ1) is 15.6. The van der Waals surface area contributed by atoms with E-state index in [2.05, 4.69) is 10.1 Å². The Hall–Kier alpha value is -3.22. The molecule has 0 bridgehead atoms. The summed E-state index contributed by atoms with van der Waals surface area (Å²) >= 11 is 0. The monoisotopic (exact) mass is 432 g/mol. The molecule has 1 aromatic carbocycles. The molecule has 2 aliphatic rings. The van der Waals surface area contributed by atoms with E-state index in [4.69, 9.17) is 14.2 Å². The van der Waals surface area contributed by atoms with Crippen molar-refractivity contribution in [3.8, 4) is 17.1 Å². The van der Waals surface area contributed by atoms with E-state index in [-0.39, 0.29) is 11.8 Å². The first-order valence-electron chi connectivity index (χ1n) is 11.3. The highest BCUT2D eigenvalue weighted by Gasteiger charge is 2.31. The molecule has 2 fully saturated rings. The lowest BCUT2D eigenvalue weighted by Gasteiger charge is -2.32. The number of aryl methyl sites for hydroxylation is 1. The Balaban J connectivity index is 1.29. The molecule has 0 unspecified atom stereocenters. The number of carbonyl (C=O) groups excluding carboxylic acids is 1. The number of aromatic nitrogens is 3. The fraction of sp³-hybridized carbons (Fsp3) is 0.440. The maximum atomic E-state index is 12.9. The molecule has 3 aromatic rings. The molecule has 166 valence electrons. The number of benzene rings is 1. The molecule has 1 saturated carbocycles. The summed E-state index contributed by atoms with van der Waals surface area (Å²) in [5.74, 6) is 3.40. The molecule has 0 radical (unpaired) electrons. The number of hydrogen-bond donors (Lipinski definition) is 0. The molecule has 3 heterocycles. The van der Waals surface area contributed by atoms with Gasteiger partial charge in [0.1, 0.15) is 11.6 Å². The van der Waals surface area contributed by atoms with Crippen LogP contribution in [0, 0.1) is 6.92 Å². The number of nitrogens with zero attached hydrogens (tertiary/aromatic N) is 4. The molecule has 0 atom stereocenters. The van der Waals surface area contributed by atoms with Gasteiger partial charge in [0.25, 0.3) is 0 Å². The van der Waals surface area contributed by atoms with Crippen LogP contribution in [0.5, 0.6) is 5.75 Å². The van der Waals surface area contributed by atoms with E-state index in [1.165, 1.54) is 12.8 Å². The number of carbonyl (C=O) groups is 1. The summed E-state index contributed by atoms with van der Waals surface area (Å²) in [7, 11) is 1.64. The average Bonchev–Trinajstić information content (AvgIpc) is 3.60. The van der Waals surface area contributed by atoms with Crippen LogP contribution in [0.4, 0.5) is 0 Å². The molecule has 0 N–H and O–H groups in total. The van der Waals surface area contributed by atoms with Gasteiger partial charge in [0.15, 0.2) is 5.76 Å². The molecule has 1 aliphatic heterocycles. The molecular weight excluding hydrogens is 404 g/mol. The van der Waals surface area contributed by atoms with Crippen LogP contribution in [-0.2, 0) is 11.2 Å². The Bertz CT molecular complexity index is 1100. The van der Waals surface area contributed by atoms with E-state index in [1.54, 1.807) is 7.11 Å². The molecule has 0 spiro atoms. The minimum Gasteiger partial charge on any atom is -0.497 e. The van der Waals surface area contributed by atoms with Gasteiger partial charge in [-0.25, -0.2) is 9.97 Å². The number of hydrogen-bond acceptors (Lipinski definition) is 6. The Morgan fingerprint density at radius 3 is 2.50 bits per heavy atom. The number of likely N-dealkylation sites (tertiary alicyclic amines) is 1. The maximum absolute atomic E-state index is 12.9. The van der Waals surface area contributed by atoms with E-state index in [0.29, 0.717) is 12.3 Å². The summed E-state index contributed by atoms with van der Waals surface area (Å²) in [4.78, 5) is 24.4. The minimum absolute atomic E-state index is 0.168. The van der Waals surface area contributed by atoms with Gasteiger partial charge in [-0.15, -0.1) is 0 Å². The second kappa shape index (κ2) is 8.73. The van der Waals surface area contributed by atoms with Gasteiger partial charge in [0.05, 0.1) is 30.5 Å². The number of methoxy groups -OCH3 is 1. The van der Waals surface area contributed by atoms with E-state index >= 15 is 0 Å². The minimum atomic E-state index is 0.168. The molecule has 7 heteroatoms. The number of rotatable bonds is 6. The van der Waals surface area contributed by atoms with Crippen LogP contribution in [0.1, 0.15) is 60.3 Å². The van der Waals surface area contributed by atoms with Gasteiger partial charge in [-0.2, -0.15) is 0 Å². The van der Waals surface area contributed by atoms with Crippen LogP contribution < -0.4 is 4.74 Å². The average molecular weight is 433 g/mol. The molecule has 1 aliphatic carbocycles. The molecule has 5 rings (SSSR count). The third kappa shape index (κ3) is 4.38. The van der Waals surface area contributed by atoms with Crippen LogP contribution in [0.15, 0.2) is 41.1 Å². The fourth-order valence-electron chi connectivity index (χ4n) is 4.37. The standard InChI is InChI=1S/C25H28N4O3/c1-16-13-22(32-28-16)21-15-26-25(19-5-6-19)27-24(21)18-9-11-29(12-10-18)23(30)14-17-3-7-20(31-2)8-4-17/h3-4,7-8,13,15,18-19H,5-6,9-12,14H2,1-2H3. The van der Waals surface area contributed by atoms with Crippen LogP contribution in [0.3, 0.4) is 0 Å². The molecule has 7 nitrogen and oxygen atoms in total. The molecule has 2 aromatic heterocycles. The van der Waals surface area contributed by atoms with Crippen molar-refractivity contribution in [2.45, 2.75) is 50.9 Å². The Morgan fingerprint density at radius 1 is 1.12 bits per heavy atom. The number of ether oxygens (including phenoxy) is 1. The summed E-state index contributed by atoms with van der Waals surface area (Å²) in [6.07, 6.45) is 6.41. The second-order valence-corrected chi connectivity index (χ2v) is 8.81. The smallest absolute Gasteiger partial charge is 0.226 e. The van der Waals surface area contributed by atoms with Gasteiger partial charge in [0.2, 0.25) is 5.91 Å². The summed E-state index contributed by atoms with van der Waals surface area (Å²) in [5, 5.41) is 4.04. The van der Waals surface area contributed by atoms with Crippen LogP contribution in [0.25, 0.3) is 11.3 Å². The van der Waals surface area contributed by atoms with Gasteiger partial charge >= 0.3 is 0 Å². The Kier molecular flexibility index (Phi) is 5.64. The maximum Gasteiger partial charge on any atom is 0.226 e. The van der Waals surface area contributed by atoms with Crippen molar-refractivity contribution in [2.24, 2.45) is 0 Å². The highest BCUT2D eigenvalue weighted by atomic mass is 16.5. The quantitative estimate of drug-likeness (QED) is 0.578. The van der Waals surface area contributed by atoms with Crippen molar-refractivity contribution in [3.63, 3.8) is 0 Å². The lowest BCUT2D eigenvalue weighted by Crippen LogP contribution is -2.39. The van der Waals surface area contributed by atoms with Crippen LogP contribution in [0.2, 0.25) is 0 Å². The highest BCUT2D eigenvalue weighted by molar-refractivity contribution is 5.79. The first-order valence-corrected chi connectivity index (χ1v) is 11.3. The van der Waals surface area contributed by atoms with Gasteiger partial charge in [-0.1, -0.05) is 17.3 Å². The zero-order chi connectivity index (χ0) is 22.1. The molecule has 32 heavy (non-hydrogen) atoms. The lowest BCUT2D eigenvalue weighted by atomic mass is 9.89. The van der Waals surface area contributed by atoms with E-state index in [1.807, 2.05) is 48.4 Å². The SMILES string of the molecule is COc1ccc(CC(=O)N2CCC(c3nc(C4CC4)ncc3-c3cc(C)no3)CC2)cc1. The van der Waals surface area contributed by atoms with E-state index in [9.17, 15) is 4.79 Å². The summed E-state index contributed by atoms with van der Waals surface area (Å²) in [6, 6.07) is 9.64. The van der Waals surface area contributed by atoms with Gasteiger partial charge in [-0.3, -0.25) is 4.79 Å².